The van der Waals surface area contributed by atoms with Crippen molar-refractivity contribution in [1.82, 2.24) is 0 Å². The summed E-state index contributed by atoms with van der Waals surface area (Å²) in [6.07, 6.45) is 0. The number of hydrogen-bond acceptors (Lipinski definition) is 2. The third kappa shape index (κ3) is 3.34. The number of carbonyl (C=O) groups excluding carboxylic acids is 1. The van der Waals surface area contributed by atoms with Gasteiger partial charge in [-0.25, -0.2) is 0 Å². The smallest absolute Gasteiger partial charge is 0.244 e. The van der Waals surface area contributed by atoms with Gasteiger partial charge in [0.05, 0.1) is 14.7 Å². The first-order valence-electron chi connectivity index (χ1n) is 5.85. The second-order valence-electron chi connectivity index (χ2n) is 5.30. The highest BCUT2D eigenvalue weighted by Crippen LogP contribution is 2.30. The first-order chi connectivity index (χ1) is 8.31. The van der Waals surface area contributed by atoms with Crippen LogP contribution in [-0.4, -0.2) is 32.2 Å². The predicted octanol–water partition coefficient (Wildman–Crippen LogP) is 3.13. The number of alkyl halides is 1. The van der Waals surface area contributed by atoms with E-state index in [-0.39, 0.29) is 12.5 Å². The number of benzene rings is 1. The highest BCUT2D eigenvalue weighted by atomic mass is 35.5. The Labute approximate surface area is 114 Å². The number of halogens is 1. The van der Waals surface area contributed by atoms with E-state index < -0.39 is 12.6 Å². The average molecular weight is 286 g/mol. The van der Waals surface area contributed by atoms with E-state index in [2.05, 4.69) is 25.0 Å². The molecule has 1 aromatic rings. The van der Waals surface area contributed by atoms with Crippen LogP contribution in [0.2, 0.25) is 19.6 Å². The van der Waals surface area contributed by atoms with Gasteiger partial charge in [-0.1, -0.05) is 37.8 Å². The highest BCUT2D eigenvalue weighted by molar-refractivity contribution is 6.90. The van der Waals surface area contributed by atoms with Gasteiger partial charge in [0.25, 0.3) is 0 Å². The van der Waals surface area contributed by atoms with Crippen LogP contribution in [0, 0.1) is 0 Å². The van der Waals surface area contributed by atoms with Crippen molar-refractivity contribution in [2.24, 2.45) is 0 Å². The van der Waals surface area contributed by atoms with Gasteiger partial charge in [-0.2, -0.15) is 0 Å². The zero-order valence-electron chi connectivity index (χ0n) is 11.3. The fourth-order valence-electron chi connectivity index (χ4n) is 1.57. The van der Waals surface area contributed by atoms with E-state index in [1.807, 2.05) is 30.3 Å². The standard InChI is InChI=1S/C13H20ClNO2Si/c1-17-10-13(14,18(2,3)4)12(16)15-11-8-6-5-7-9-11/h5-9H,10H2,1-4H3,(H,15,16). The molecule has 0 aromatic heterocycles. The van der Waals surface area contributed by atoms with E-state index in [1.54, 1.807) is 7.11 Å². The minimum atomic E-state index is -1.92. The number of hydrogen-bond donors (Lipinski definition) is 1. The van der Waals surface area contributed by atoms with Crippen molar-refractivity contribution in [3.8, 4) is 0 Å². The van der Waals surface area contributed by atoms with Gasteiger partial charge in [0, 0.05) is 12.8 Å². The molecule has 1 aromatic carbocycles. The number of ether oxygens (including phenoxy) is 1. The van der Waals surface area contributed by atoms with Gasteiger partial charge in [-0.3, -0.25) is 4.79 Å². The zero-order valence-corrected chi connectivity index (χ0v) is 13.0. The Bertz CT molecular complexity index is 405. The number of amides is 1. The highest BCUT2D eigenvalue weighted by Gasteiger charge is 2.48. The maximum Gasteiger partial charge on any atom is 0.244 e. The van der Waals surface area contributed by atoms with Crippen LogP contribution in [0.1, 0.15) is 0 Å². The van der Waals surface area contributed by atoms with Crippen LogP contribution in [0.5, 0.6) is 0 Å². The van der Waals surface area contributed by atoms with Gasteiger partial charge < -0.3 is 10.1 Å². The van der Waals surface area contributed by atoms with E-state index in [1.165, 1.54) is 0 Å². The summed E-state index contributed by atoms with van der Waals surface area (Å²) in [6, 6.07) is 9.32. The lowest BCUT2D eigenvalue weighted by molar-refractivity contribution is -0.118. The molecule has 0 aliphatic heterocycles. The molecule has 100 valence electrons. The molecule has 1 unspecified atom stereocenters. The van der Waals surface area contributed by atoms with Crippen molar-refractivity contribution in [2.75, 3.05) is 19.0 Å². The average Bonchev–Trinajstić information content (AvgIpc) is 2.29. The molecule has 1 N–H and O–H groups in total. The van der Waals surface area contributed by atoms with Crippen molar-refractivity contribution < 1.29 is 9.53 Å². The van der Waals surface area contributed by atoms with E-state index >= 15 is 0 Å². The third-order valence-electron chi connectivity index (χ3n) is 2.92. The monoisotopic (exact) mass is 285 g/mol. The van der Waals surface area contributed by atoms with Crippen molar-refractivity contribution >= 4 is 31.3 Å². The van der Waals surface area contributed by atoms with Gasteiger partial charge in [-0.05, 0) is 12.1 Å². The maximum atomic E-state index is 12.4. The quantitative estimate of drug-likeness (QED) is 0.667. The maximum absolute atomic E-state index is 12.4. The molecule has 0 heterocycles. The Balaban J connectivity index is 2.91. The SMILES string of the molecule is COCC(Cl)(C(=O)Nc1ccccc1)[Si](C)(C)C. The second kappa shape index (κ2) is 5.86. The Hall–Kier alpha value is -0.843. The molecule has 0 aliphatic carbocycles. The summed E-state index contributed by atoms with van der Waals surface area (Å²) in [6.45, 7) is 6.40. The van der Waals surface area contributed by atoms with Crippen LogP contribution in [0.3, 0.4) is 0 Å². The number of para-hydroxylation sites is 1. The number of methoxy groups -OCH3 is 1. The molecule has 0 aliphatic rings. The Morgan fingerprint density at radius 3 is 2.33 bits per heavy atom. The van der Waals surface area contributed by atoms with Gasteiger partial charge in [0.15, 0.2) is 0 Å². The van der Waals surface area contributed by atoms with E-state index in [0.717, 1.165) is 5.69 Å². The Morgan fingerprint density at radius 1 is 1.33 bits per heavy atom. The van der Waals surface area contributed by atoms with Gasteiger partial charge in [0.1, 0.15) is 4.50 Å². The minimum absolute atomic E-state index is 0.184. The molecule has 0 bridgehead atoms. The summed E-state index contributed by atoms with van der Waals surface area (Å²) < 4.78 is 4.17. The van der Waals surface area contributed by atoms with E-state index in [0.29, 0.717) is 0 Å². The molecular formula is C13H20ClNO2Si. The van der Waals surface area contributed by atoms with Gasteiger partial charge in [0.2, 0.25) is 5.91 Å². The number of rotatable bonds is 5. The van der Waals surface area contributed by atoms with Crippen LogP contribution < -0.4 is 5.32 Å². The lowest BCUT2D eigenvalue weighted by Crippen LogP contribution is -2.58. The molecular weight excluding hydrogens is 266 g/mol. The van der Waals surface area contributed by atoms with Crippen molar-refractivity contribution in [3.05, 3.63) is 30.3 Å². The summed E-state index contributed by atoms with van der Waals surface area (Å²) in [4.78, 5) is 12.4. The first-order valence-corrected chi connectivity index (χ1v) is 9.73. The van der Waals surface area contributed by atoms with Gasteiger partial charge >= 0.3 is 0 Å². The van der Waals surface area contributed by atoms with Crippen LogP contribution in [0.4, 0.5) is 5.69 Å². The molecule has 0 fully saturated rings. The zero-order chi connectivity index (χ0) is 13.8. The van der Waals surface area contributed by atoms with Gasteiger partial charge in [-0.15, -0.1) is 11.6 Å². The topological polar surface area (TPSA) is 38.3 Å². The van der Waals surface area contributed by atoms with E-state index in [4.69, 9.17) is 16.3 Å². The Morgan fingerprint density at radius 2 is 1.89 bits per heavy atom. The molecule has 0 spiro atoms. The third-order valence-corrected chi connectivity index (χ3v) is 7.65. The molecule has 18 heavy (non-hydrogen) atoms. The molecule has 1 rings (SSSR count). The summed E-state index contributed by atoms with van der Waals surface area (Å²) in [7, 11) is -0.358. The fourth-order valence-corrected chi connectivity index (χ4v) is 3.05. The Kier molecular flexibility index (Phi) is 4.96. The first kappa shape index (κ1) is 15.2. The summed E-state index contributed by atoms with van der Waals surface area (Å²) in [5.41, 5.74) is 0.752. The summed E-state index contributed by atoms with van der Waals surface area (Å²) in [5, 5.41) is 2.86. The van der Waals surface area contributed by atoms with Crippen molar-refractivity contribution in [3.63, 3.8) is 0 Å². The summed E-state index contributed by atoms with van der Waals surface area (Å²) in [5.74, 6) is -0.184. The van der Waals surface area contributed by atoms with Crippen molar-refractivity contribution in [1.29, 1.82) is 0 Å². The lowest BCUT2D eigenvalue weighted by Gasteiger charge is -2.35. The number of nitrogens with one attached hydrogen (secondary N) is 1. The van der Waals surface area contributed by atoms with Crippen LogP contribution >= 0.6 is 11.6 Å². The molecule has 5 heteroatoms. The van der Waals surface area contributed by atoms with Crippen LogP contribution in [-0.2, 0) is 9.53 Å². The van der Waals surface area contributed by atoms with Crippen LogP contribution in [0.25, 0.3) is 0 Å². The molecule has 0 saturated carbocycles. The number of anilines is 1. The predicted molar refractivity (Wildman–Crippen MR) is 78.9 cm³/mol. The normalized spacial score (nSPS) is 14.9. The molecule has 3 nitrogen and oxygen atoms in total. The summed E-state index contributed by atoms with van der Waals surface area (Å²) >= 11 is 6.54. The fraction of sp³-hybridized carbons (Fsp3) is 0.462. The van der Waals surface area contributed by atoms with Crippen molar-refractivity contribution in [2.45, 2.75) is 24.1 Å². The number of carbonyl (C=O) groups is 1. The minimum Gasteiger partial charge on any atom is -0.383 e. The van der Waals surface area contributed by atoms with Crippen LogP contribution in [0.15, 0.2) is 30.3 Å². The lowest BCUT2D eigenvalue weighted by atomic mass is 10.3. The molecule has 0 radical (unpaired) electrons. The molecule has 1 atom stereocenters. The largest absolute Gasteiger partial charge is 0.383 e. The second-order valence-corrected chi connectivity index (χ2v) is 11.6. The van der Waals surface area contributed by atoms with E-state index in [9.17, 15) is 4.79 Å². The molecule has 0 saturated heterocycles. The molecule has 1 amide bonds.